The summed E-state index contributed by atoms with van der Waals surface area (Å²) < 4.78 is 7.42. The molecule has 1 unspecified atom stereocenters. The molecule has 2 aromatic carbocycles. The Labute approximate surface area is 170 Å². The first kappa shape index (κ1) is 18.8. The number of ether oxygens (including phenoxy) is 1. The van der Waals surface area contributed by atoms with E-state index in [4.69, 9.17) is 21.4 Å². The second-order valence-corrected chi connectivity index (χ2v) is 7.62. The Hall–Kier alpha value is -2.59. The molecule has 28 heavy (non-hydrogen) atoms. The number of hydrogen-bond donors (Lipinski definition) is 0. The number of Topliss-reactive ketones (excluding diaryl/α,β-unsaturated/α-hetero) is 1. The van der Waals surface area contributed by atoms with Gasteiger partial charge < -0.3 is 4.74 Å². The third-order valence-electron chi connectivity index (χ3n) is 5.33. The number of fused-ring (bicyclic) bond motifs is 1. The van der Waals surface area contributed by atoms with E-state index in [9.17, 15) is 4.79 Å². The van der Waals surface area contributed by atoms with Crippen LogP contribution < -0.4 is 4.74 Å². The number of aryl methyl sites for hydroxylation is 1. The highest BCUT2D eigenvalue weighted by atomic mass is 35.5. The molecule has 0 bridgehead atoms. The molecule has 3 aromatic rings. The Morgan fingerprint density at radius 1 is 1.18 bits per heavy atom. The molecule has 1 atom stereocenters. The minimum Gasteiger partial charge on any atom is -0.494 e. The standard InChI is InChI=1S/C23H23ClN2O2/c1-3-7-18-23-20(12-16(13-21(23)27)15-8-5-4-6-9-15)26(25-18)19-14-17(24)10-11-22(19)28-2/h4-6,8-11,14,16H,3,7,12-13H2,1-2H3. The van der Waals surface area contributed by atoms with Crippen LogP contribution in [0.5, 0.6) is 5.75 Å². The van der Waals surface area contributed by atoms with Gasteiger partial charge in [0.2, 0.25) is 0 Å². The Bertz CT molecular complexity index is 1010. The molecule has 0 saturated carbocycles. The number of ketones is 1. The van der Waals surface area contributed by atoms with Crippen molar-refractivity contribution in [3.05, 3.63) is 76.1 Å². The maximum absolute atomic E-state index is 13.1. The largest absolute Gasteiger partial charge is 0.494 e. The fourth-order valence-corrected chi connectivity index (χ4v) is 4.21. The molecule has 0 radical (unpaired) electrons. The van der Waals surface area contributed by atoms with Gasteiger partial charge in [-0.1, -0.05) is 55.3 Å². The Morgan fingerprint density at radius 3 is 2.68 bits per heavy atom. The zero-order valence-electron chi connectivity index (χ0n) is 16.1. The summed E-state index contributed by atoms with van der Waals surface area (Å²) in [5, 5.41) is 5.45. The van der Waals surface area contributed by atoms with Gasteiger partial charge in [-0.2, -0.15) is 5.10 Å². The molecule has 0 aliphatic heterocycles. The lowest BCUT2D eigenvalue weighted by molar-refractivity contribution is 0.0963. The second-order valence-electron chi connectivity index (χ2n) is 7.19. The maximum atomic E-state index is 13.1. The Morgan fingerprint density at radius 2 is 1.96 bits per heavy atom. The monoisotopic (exact) mass is 394 g/mol. The normalized spacial score (nSPS) is 16.1. The SMILES string of the molecule is CCCc1nn(-c2cc(Cl)ccc2OC)c2c1C(=O)CC(c1ccccc1)C2. The van der Waals surface area contributed by atoms with Crippen molar-refractivity contribution in [3.63, 3.8) is 0 Å². The van der Waals surface area contributed by atoms with Crippen LogP contribution in [0.25, 0.3) is 5.69 Å². The molecule has 0 amide bonds. The van der Waals surface area contributed by atoms with Crippen LogP contribution in [0.2, 0.25) is 5.02 Å². The molecular weight excluding hydrogens is 372 g/mol. The predicted octanol–water partition coefficient (Wildman–Crippen LogP) is 5.40. The third-order valence-corrected chi connectivity index (χ3v) is 5.57. The molecule has 1 aromatic heterocycles. The highest BCUT2D eigenvalue weighted by Gasteiger charge is 2.33. The summed E-state index contributed by atoms with van der Waals surface area (Å²) in [6.07, 6.45) is 3.00. The summed E-state index contributed by atoms with van der Waals surface area (Å²) in [6.45, 7) is 2.10. The van der Waals surface area contributed by atoms with Crippen molar-refractivity contribution in [1.29, 1.82) is 0 Å². The quantitative estimate of drug-likeness (QED) is 0.582. The van der Waals surface area contributed by atoms with E-state index in [-0.39, 0.29) is 11.7 Å². The van der Waals surface area contributed by atoms with Crippen LogP contribution >= 0.6 is 11.6 Å². The zero-order valence-corrected chi connectivity index (χ0v) is 16.9. The van der Waals surface area contributed by atoms with E-state index in [1.807, 2.05) is 35.0 Å². The summed E-state index contributed by atoms with van der Waals surface area (Å²) >= 11 is 6.26. The lowest BCUT2D eigenvalue weighted by atomic mass is 9.81. The smallest absolute Gasteiger partial charge is 0.167 e. The molecule has 0 fully saturated rings. The first-order chi connectivity index (χ1) is 13.6. The number of nitrogens with zero attached hydrogens (tertiary/aromatic N) is 2. The van der Waals surface area contributed by atoms with Gasteiger partial charge >= 0.3 is 0 Å². The average molecular weight is 395 g/mol. The molecule has 144 valence electrons. The predicted molar refractivity (Wildman–Crippen MR) is 111 cm³/mol. The summed E-state index contributed by atoms with van der Waals surface area (Å²) in [7, 11) is 1.63. The van der Waals surface area contributed by atoms with Crippen molar-refractivity contribution in [1.82, 2.24) is 9.78 Å². The number of aromatic nitrogens is 2. The molecule has 0 saturated heterocycles. The molecule has 4 rings (SSSR count). The van der Waals surface area contributed by atoms with Gasteiger partial charge in [0.05, 0.1) is 24.1 Å². The van der Waals surface area contributed by atoms with E-state index in [0.717, 1.165) is 41.9 Å². The van der Waals surface area contributed by atoms with Crippen molar-refractivity contribution in [2.24, 2.45) is 0 Å². The van der Waals surface area contributed by atoms with Crippen molar-refractivity contribution in [2.45, 2.75) is 38.5 Å². The van der Waals surface area contributed by atoms with E-state index in [1.54, 1.807) is 13.2 Å². The minimum atomic E-state index is 0.149. The third kappa shape index (κ3) is 3.33. The Kier molecular flexibility index (Phi) is 5.23. The van der Waals surface area contributed by atoms with Gasteiger partial charge in [0.15, 0.2) is 5.78 Å². The van der Waals surface area contributed by atoms with E-state index >= 15 is 0 Å². The van der Waals surface area contributed by atoms with E-state index in [1.165, 1.54) is 5.56 Å². The number of rotatable bonds is 5. The first-order valence-electron chi connectivity index (χ1n) is 9.65. The molecule has 5 heteroatoms. The summed E-state index contributed by atoms with van der Waals surface area (Å²) in [5.41, 5.74) is 4.57. The number of carbonyl (C=O) groups is 1. The lowest BCUT2D eigenvalue weighted by Gasteiger charge is -2.23. The van der Waals surface area contributed by atoms with Gasteiger partial charge in [-0.25, -0.2) is 4.68 Å². The van der Waals surface area contributed by atoms with E-state index in [0.29, 0.717) is 17.2 Å². The first-order valence-corrected chi connectivity index (χ1v) is 10.0. The lowest BCUT2D eigenvalue weighted by Crippen LogP contribution is -2.21. The Balaban J connectivity index is 1.87. The van der Waals surface area contributed by atoms with Crippen LogP contribution in [-0.4, -0.2) is 22.7 Å². The summed E-state index contributed by atoms with van der Waals surface area (Å²) in [4.78, 5) is 13.1. The van der Waals surface area contributed by atoms with Crippen LogP contribution in [-0.2, 0) is 12.8 Å². The topological polar surface area (TPSA) is 44.1 Å². The number of methoxy groups -OCH3 is 1. The van der Waals surface area contributed by atoms with Crippen LogP contribution in [0, 0.1) is 0 Å². The van der Waals surface area contributed by atoms with Gasteiger partial charge in [-0.15, -0.1) is 0 Å². The van der Waals surface area contributed by atoms with Crippen LogP contribution in [0.15, 0.2) is 48.5 Å². The van der Waals surface area contributed by atoms with Gasteiger partial charge in [0, 0.05) is 11.4 Å². The average Bonchev–Trinajstić information content (AvgIpc) is 3.08. The van der Waals surface area contributed by atoms with Crippen LogP contribution in [0.1, 0.15) is 53.0 Å². The fourth-order valence-electron chi connectivity index (χ4n) is 4.05. The van der Waals surface area contributed by atoms with E-state index in [2.05, 4.69) is 19.1 Å². The van der Waals surface area contributed by atoms with Crippen LogP contribution in [0.4, 0.5) is 0 Å². The van der Waals surface area contributed by atoms with Gasteiger partial charge in [0.1, 0.15) is 11.4 Å². The number of benzene rings is 2. The maximum Gasteiger partial charge on any atom is 0.167 e. The second kappa shape index (κ2) is 7.80. The zero-order chi connectivity index (χ0) is 19.7. The van der Waals surface area contributed by atoms with Gasteiger partial charge in [0.25, 0.3) is 0 Å². The van der Waals surface area contributed by atoms with Crippen LogP contribution in [0.3, 0.4) is 0 Å². The molecule has 1 aliphatic carbocycles. The molecule has 4 nitrogen and oxygen atoms in total. The van der Waals surface area contributed by atoms with E-state index < -0.39 is 0 Å². The number of hydrogen-bond acceptors (Lipinski definition) is 3. The molecule has 0 spiro atoms. The van der Waals surface area contributed by atoms with Crippen molar-refractivity contribution in [3.8, 4) is 11.4 Å². The van der Waals surface area contributed by atoms with Gasteiger partial charge in [-0.05, 0) is 42.5 Å². The van der Waals surface area contributed by atoms with Crippen molar-refractivity contribution >= 4 is 17.4 Å². The highest BCUT2D eigenvalue weighted by Crippen LogP contribution is 2.37. The molecule has 0 N–H and O–H groups in total. The van der Waals surface area contributed by atoms with Crippen molar-refractivity contribution < 1.29 is 9.53 Å². The fraction of sp³-hybridized carbons (Fsp3) is 0.304. The highest BCUT2D eigenvalue weighted by molar-refractivity contribution is 6.30. The number of carbonyl (C=O) groups excluding carboxylic acids is 1. The molecule has 1 heterocycles. The minimum absolute atomic E-state index is 0.149. The molecule has 1 aliphatic rings. The number of halogens is 1. The summed E-state index contributed by atoms with van der Waals surface area (Å²) in [6, 6.07) is 15.7. The van der Waals surface area contributed by atoms with Gasteiger partial charge in [-0.3, -0.25) is 4.79 Å². The summed E-state index contributed by atoms with van der Waals surface area (Å²) in [5.74, 6) is 1.01. The van der Waals surface area contributed by atoms with Crippen molar-refractivity contribution in [2.75, 3.05) is 7.11 Å². The molecular formula is C23H23ClN2O2.